The average molecular weight is 1420 g/mol. The fourth-order valence-corrected chi connectivity index (χ4v) is 14.0. The first-order chi connectivity index (χ1) is 49.1. The van der Waals surface area contributed by atoms with Gasteiger partial charge < -0.3 is 59.7 Å². The number of nitrogens with zero attached hydrogens (tertiary/aromatic N) is 9. The molecule has 3 N–H and O–H groups in total. The Kier molecular flexibility index (Phi) is 83.7. The minimum atomic E-state index is 0.871. The van der Waals surface area contributed by atoms with E-state index < -0.39 is 0 Å². The van der Waals surface area contributed by atoms with Gasteiger partial charge in [0.1, 0.15) is 0 Å². The average Bonchev–Trinajstić information content (AvgIpc) is 1.35. The van der Waals surface area contributed by atoms with Gasteiger partial charge in [0, 0.05) is 105 Å². The van der Waals surface area contributed by atoms with Gasteiger partial charge in [0.2, 0.25) is 0 Å². The molecule has 14 nitrogen and oxygen atoms in total. The van der Waals surface area contributed by atoms with Gasteiger partial charge >= 0.3 is 0 Å². The van der Waals surface area contributed by atoms with Gasteiger partial charge in [0.15, 0.2) is 0 Å². The van der Waals surface area contributed by atoms with Crippen molar-refractivity contribution in [2.45, 2.75) is 307 Å². The summed E-state index contributed by atoms with van der Waals surface area (Å²) in [5, 5.41) is 9.86. The monoisotopic (exact) mass is 1420 g/mol. The molecule has 8 fully saturated rings. The zero-order valence-electron chi connectivity index (χ0n) is 71.3. The number of methoxy groups -OCH3 is 1. The molecule has 0 amide bonds. The number of morpholine rings is 1. The molecule has 0 aromatic heterocycles. The summed E-state index contributed by atoms with van der Waals surface area (Å²) in [6.45, 7) is 65.1. The standard InChI is InChI=1S/C12H26N2O.C10H22N2.2C10H21N.C9H20N2.C9H19NO.2C9H19N.C6H15N.C2H6/c1-3-4-5-6-13-7-9-14(10-8-13)11-12-15-2;1-3-4-5-6-12-9-7-11(2)8-10-12;1-3-4-5-10-6-8-11(2)9-7-10;1-2-3-5-8-11-9-6-4-7-10-11;1-2-3-4-7-11-8-5-10-6-9-11;1-2-3-4-5-10-6-8-11-9-7-10;1-2-3-4-9-5-7-10-8-6-9;1-2-3-4-7-10-8-5-6-9-10;1-3-4-5-6-7-2;1-2/h3-12H2,1-2H3;3-10H2,1-2H3;10H,3-9H2,1-2H3;2-10H2,1H3;10H,2-9H2,1H3;2-9H2,1H3;9-10H,2-8H2,1H3;2-9H2,1H3;7H,3-6H2,1-2H3;1-2H3. The number of likely N-dealkylation sites (N-methyl/N-ethyl adjacent to an activating group) is 1. The van der Waals surface area contributed by atoms with Crippen LogP contribution in [0.1, 0.15) is 307 Å². The molecular formula is C86H188N12O2. The van der Waals surface area contributed by atoms with Gasteiger partial charge in [-0.1, -0.05) is 211 Å². The number of rotatable bonds is 37. The van der Waals surface area contributed by atoms with E-state index in [1.54, 1.807) is 7.11 Å². The molecule has 8 heterocycles. The van der Waals surface area contributed by atoms with Crippen LogP contribution in [0.4, 0.5) is 0 Å². The molecule has 100 heavy (non-hydrogen) atoms. The first kappa shape index (κ1) is 101. The molecule has 0 saturated carbocycles. The smallest absolute Gasteiger partial charge is 0.0594 e. The van der Waals surface area contributed by atoms with Gasteiger partial charge in [-0.3, -0.25) is 9.80 Å². The molecule has 8 rings (SSSR count). The van der Waals surface area contributed by atoms with E-state index in [1.165, 1.54) is 408 Å². The summed E-state index contributed by atoms with van der Waals surface area (Å²) in [5.74, 6) is 2.09. The van der Waals surface area contributed by atoms with Crippen molar-refractivity contribution in [3.05, 3.63) is 0 Å². The first-order valence-corrected chi connectivity index (χ1v) is 44.7. The SMILES string of the molecule is CC.CCCCC1CCN(C)CC1.CCCCC1CCNCC1.CCCCCN1CCCC1.CCCCCN1CCCCC1.CCCCCN1CCN(C)CC1.CCCCCN1CCN(CCOC)CC1.CCCCCN1CCNCC1.CCCCCN1CCOCC1.CCCCCNC. The second-order valence-corrected chi connectivity index (χ2v) is 30.6. The summed E-state index contributed by atoms with van der Waals surface area (Å²) in [6, 6.07) is 0. The maximum atomic E-state index is 5.26. The highest BCUT2D eigenvalue weighted by Crippen LogP contribution is 2.22. The lowest BCUT2D eigenvalue weighted by Gasteiger charge is -2.34. The molecule has 0 aromatic rings. The fourth-order valence-electron chi connectivity index (χ4n) is 14.0. The van der Waals surface area contributed by atoms with Crippen molar-refractivity contribution in [2.75, 3.05) is 244 Å². The van der Waals surface area contributed by atoms with Crippen LogP contribution in [-0.4, -0.2) is 289 Å². The molecule has 0 aliphatic carbocycles. The van der Waals surface area contributed by atoms with Crippen LogP contribution in [0.3, 0.4) is 0 Å². The van der Waals surface area contributed by atoms with Gasteiger partial charge in [0.25, 0.3) is 0 Å². The number of hydrogen-bond donors (Lipinski definition) is 3. The van der Waals surface area contributed by atoms with E-state index in [1.807, 2.05) is 20.9 Å². The summed E-state index contributed by atoms with van der Waals surface area (Å²) in [7, 11) is 8.22. The van der Waals surface area contributed by atoms with Gasteiger partial charge in [-0.2, -0.15) is 0 Å². The van der Waals surface area contributed by atoms with Crippen molar-refractivity contribution in [3.63, 3.8) is 0 Å². The van der Waals surface area contributed by atoms with Crippen LogP contribution in [0, 0.1) is 11.8 Å². The number of hydrogen-bond acceptors (Lipinski definition) is 14. The molecule has 0 radical (unpaired) electrons. The zero-order valence-corrected chi connectivity index (χ0v) is 71.3. The van der Waals surface area contributed by atoms with E-state index >= 15 is 0 Å². The minimum absolute atomic E-state index is 0.871. The predicted molar refractivity (Wildman–Crippen MR) is 448 cm³/mol. The number of nitrogens with one attached hydrogen (secondary N) is 3. The maximum absolute atomic E-state index is 5.26. The molecule has 0 unspecified atom stereocenters. The Morgan fingerprint density at radius 2 is 0.620 bits per heavy atom. The number of unbranched alkanes of at least 4 members (excludes halogenated alkanes) is 16. The third-order valence-corrected chi connectivity index (χ3v) is 21.4. The summed E-state index contributed by atoms with van der Waals surface area (Å²) < 4.78 is 10.4. The Morgan fingerprint density at radius 3 is 0.990 bits per heavy atom. The fraction of sp³-hybridized carbons (Fsp3) is 1.00. The second kappa shape index (κ2) is 82.5. The normalized spacial score (nSPS) is 19.6. The first-order valence-electron chi connectivity index (χ1n) is 44.7. The van der Waals surface area contributed by atoms with Crippen LogP contribution in [0.15, 0.2) is 0 Å². The van der Waals surface area contributed by atoms with E-state index in [9.17, 15) is 0 Å². The van der Waals surface area contributed by atoms with E-state index in [0.29, 0.717) is 0 Å². The minimum Gasteiger partial charge on any atom is -0.383 e. The Morgan fingerprint density at radius 1 is 0.320 bits per heavy atom. The van der Waals surface area contributed by atoms with Crippen molar-refractivity contribution in [3.8, 4) is 0 Å². The Labute approximate surface area is 629 Å². The van der Waals surface area contributed by atoms with Crippen LogP contribution >= 0.6 is 0 Å². The van der Waals surface area contributed by atoms with Crippen LogP contribution in [-0.2, 0) is 9.47 Å². The van der Waals surface area contributed by atoms with Crippen LogP contribution < -0.4 is 16.0 Å². The van der Waals surface area contributed by atoms with E-state index in [0.717, 1.165) is 51.3 Å². The number of likely N-dealkylation sites (tertiary alicyclic amines) is 3. The quantitative estimate of drug-likeness (QED) is 0.0516. The van der Waals surface area contributed by atoms with Gasteiger partial charge in [-0.25, -0.2) is 0 Å². The van der Waals surface area contributed by atoms with Gasteiger partial charge in [0.05, 0.1) is 19.8 Å². The number of piperazine rings is 3. The topological polar surface area (TPSA) is 83.7 Å². The summed E-state index contributed by atoms with van der Waals surface area (Å²) in [4.78, 5) is 22.8. The lowest BCUT2D eigenvalue weighted by Crippen LogP contribution is -2.47. The third kappa shape index (κ3) is 69.2. The molecule has 8 aliphatic heterocycles. The van der Waals surface area contributed by atoms with Crippen molar-refractivity contribution >= 4 is 0 Å². The van der Waals surface area contributed by atoms with Crippen molar-refractivity contribution in [2.24, 2.45) is 11.8 Å². The predicted octanol–water partition coefficient (Wildman–Crippen LogP) is 17.5. The van der Waals surface area contributed by atoms with Crippen molar-refractivity contribution in [1.82, 2.24) is 60.0 Å². The van der Waals surface area contributed by atoms with Crippen molar-refractivity contribution in [1.29, 1.82) is 0 Å². The molecule has 0 spiro atoms. The zero-order chi connectivity index (χ0) is 73.7. The number of piperidine rings is 3. The molecule has 604 valence electrons. The van der Waals surface area contributed by atoms with Crippen LogP contribution in [0.25, 0.3) is 0 Å². The highest BCUT2D eigenvalue weighted by atomic mass is 16.5. The molecule has 0 bridgehead atoms. The van der Waals surface area contributed by atoms with Crippen molar-refractivity contribution < 1.29 is 9.47 Å². The van der Waals surface area contributed by atoms with Gasteiger partial charge in [-0.15, -0.1) is 0 Å². The maximum Gasteiger partial charge on any atom is 0.0594 e. The molecule has 8 aliphatic rings. The van der Waals surface area contributed by atoms with Crippen LogP contribution in [0.5, 0.6) is 0 Å². The molecule has 8 saturated heterocycles. The summed E-state index contributed by atoms with van der Waals surface area (Å²) in [6.07, 6.45) is 50.2. The highest BCUT2D eigenvalue weighted by Gasteiger charge is 2.18. The molecule has 0 aromatic carbocycles. The Balaban J connectivity index is 0. The van der Waals surface area contributed by atoms with E-state index in [-0.39, 0.29) is 0 Å². The van der Waals surface area contributed by atoms with E-state index in [2.05, 4.69) is 136 Å². The lowest BCUT2D eigenvalue weighted by molar-refractivity contribution is 0.0372. The van der Waals surface area contributed by atoms with Crippen LogP contribution in [0.2, 0.25) is 0 Å². The van der Waals surface area contributed by atoms with Gasteiger partial charge in [-0.05, 0) is 227 Å². The second-order valence-electron chi connectivity index (χ2n) is 30.6. The summed E-state index contributed by atoms with van der Waals surface area (Å²) >= 11 is 0. The Bertz CT molecular complexity index is 1390. The Hall–Kier alpha value is -0.560. The number of ether oxygens (including phenoxy) is 2. The summed E-state index contributed by atoms with van der Waals surface area (Å²) in [5.41, 5.74) is 0. The third-order valence-electron chi connectivity index (χ3n) is 21.4. The lowest BCUT2D eigenvalue weighted by atomic mass is 9.92. The molecular weight excluding hydrogens is 1230 g/mol. The molecule has 0 atom stereocenters. The molecule has 14 heteroatoms. The largest absolute Gasteiger partial charge is 0.383 e. The highest BCUT2D eigenvalue weighted by molar-refractivity contribution is 4.74. The van der Waals surface area contributed by atoms with E-state index in [4.69, 9.17) is 9.47 Å².